The van der Waals surface area contributed by atoms with Crippen LogP contribution in [-0.2, 0) is 6.42 Å². The molecule has 0 amide bonds. The van der Waals surface area contributed by atoms with Crippen molar-refractivity contribution in [3.05, 3.63) is 42.4 Å². The lowest BCUT2D eigenvalue weighted by atomic mass is 10.0. The van der Waals surface area contributed by atoms with E-state index in [1.807, 2.05) is 30.3 Å². The summed E-state index contributed by atoms with van der Waals surface area (Å²) in [5.41, 5.74) is 7.91. The van der Waals surface area contributed by atoms with Crippen molar-refractivity contribution >= 4 is 10.9 Å². The van der Waals surface area contributed by atoms with Gasteiger partial charge in [0.05, 0.1) is 5.52 Å². The number of benzene rings is 1. The third-order valence-electron chi connectivity index (χ3n) is 3.60. The molecule has 21 heavy (non-hydrogen) atoms. The molecule has 0 saturated heterocycles. The molecular formula is C16H18N4O. The van der Waals surface area contributed by atoms with E-state index in [0.29, 0.717) is 24.1 Å². The van der Waals surface area contributed by atoms with E-state index in [4.69, 9.17) is 10.3 Å². The molecule has 1 atom stereocenters. The fourth-order valence-electron chi connectivity index (χ4n) is 2.11. The number of aromatic nitrogens is 3. The zero-order chi connectivity index (χ0) is 14.8. The molecule has 1 unspecified atom stereocenters. The van der Waals surface area contributed by atoms with E-state index in [-0.39, 0.29) is 6.04 Å². The minimum atomic E-state index is 0.0269. The first-order chi connectivity index (χ1) is 10.1. The molecule has 0 fully saturated rings. The quantitative estimate of drug-likeness (QED) is 0.796. The van der Waals surface area contributed by atoms with Gasteiger partial charge in [-0.1, -0.05) is 25.1 Å². The average Bonchev–Trinajstić information content (AvgIpc) is 2.95. The Balaban J connectivity index is 1.87. The summed E-state index contributed by atoms with van der Waals surface area (Å²) >= 11 is 0. The molecule has 0 aliphatic heterocycles. The number of nitrogens with zero attached hydrogens (tertiary/aromatic N) is 3. The fraction of sp³-hybridized carbons (Fsp3) is 0.312. The highest BCUT2D eigenvalue weighted by atomic mass is 16.5. The molecular weight excluding hydrogens is 264 g/mol. The maximum Gasteiger partial charge on any atom is 0.228 e. The molecule has 0 bridgehead atoms. The normalized spacial score (nSPS) is 13.0. The number of rotatable bonds is 4. The number of hydrogen-bond acceptors (Lipinski definition) is 5. The minimum Gasteiger partial charge on any atom is -0.339 e. The summed E-state index contributed by atoms with van der Waals surface area (Å²) in [6.07, 6.45) is 2.38. The summed E-state index contributed by atoms with van der Waals surface area (Å²) in [5, 5.41) is 5.10. The summed E-state index contributed by atoms with van der Waals surface area (Å²) in [6.45, 7) is 4.16. The van der Waals surface area contributed by atoms with Gasteiger partial charge in [0.15, 0.2) is 0 Å². The highest BCUT2D eigenvalue weighted by Gasteiger charge is 2.15. The maximum absolute atomic E-state index is 6.03. The highest BCUT2D eigenvalue weighted by molar-refractivity contribution is 5.82. The predicted octanol–water partition coefficient (Wildman–Crippen LogP) is 2.81. The lowest BCUT2D eigenvalue weighted by Crippen LogP contribution is -2.28. The van der Waals surface area contributed by atoms with Crippen LogP contribution in [0.4, 0.5) is 0 Å². The van der Waals surface area contributed by atoms with Gasteiger partial charge >= 0.3 is 0 Å². The van der Waals surface area contributed by atoms with Crippen molar-refractivity contribution in [3.8, 4) is 11.4 Å². The van der Waals surface area contributed by atoms with Crippen LogP contribution in [0.15, 0.2) is 41.1 Å². The van der Waals surface area contributed by atoms with Crippen molar-refractivity contribution in [3.63, 3.8) is 0 Å². The third kappa shape index (κ3) is 2.92. The molecule has 5 heteroatoms. The van der Waals surface area contributed by atoms with Gasteiger partial charge in [0.1, 0.15) is 0 Å². The summed E-state index contributed by atoms with van der Waals surface area (Å²) in [5.74, 6) is 1.55. The van der Waals surface area contributed by atoms with Crippen LogP contribution in [0.2, 0.25) is 0 Å². The van der Waals surface area contributed by atoms with E-state index >= 15 is 0 Å². The molecule has 108 valence electrons. The van der Waals surface area contributed by atoms with Crippen LogP contribution in [0.25, 0.3) is 22.3 Å². The van der Waals surface area contributed by atoms with Crippen molar-refractivity contribution < 1.29 is 4.52 Å². The van der Waals surface area contributed by atoms with Gasteiger partial charge in [-0.3, -0.25) is 4.98 Å². The second kappa shape index (κ2) is 5.61. The maximum atomic E-state index is 6.03. The van der Waals surface area contributed by atoms with E-state index in [0.717, 1.165) is 16.5 Å². The Bertz CT molecular complexity index is 751. The SMILES string of the molecule is CC(C)C(N)Cc1nc(-c2ccc3ncccc3c2)no1. The second-order valence-corrected chi connectivity index (χ2v) is 5.53. The van der Waals surface area contributed by atoms with Crippen LogP contribution in [0, 0.1) is 5.92 Å². The van der Waals surface area contributed by atoms with E-state index < -0.39 is 0 Å². The molecule has 3 aromatic rings. The first kappa shape index (κ1) is 13.7. The van der Waals surface area contributed by atoms with Gasteiger partial charge in [-0.25, -0.2) is 0 Å². The van der Waals surface area contributed by atoms with E-state index in [1.54, 1.807) is 6.20 Å². The Hall–Kier alpha value is -2.27. The van der Waals surface area contributed by atoms with Gasteiger partial charge in [-0.2, -0.15) is 4.98 Å². The predicted molar refractivity (Wildman–Crippen MR) is 81.6 cm³/mol. The molecule has 0 aliphatic carbocycles. The Morgan fingerprint density at radius 3 is 2.90 bits per heavy atom. The summed E-state index contributed by atoms with van der Waals surface area (Å²) in [6, 6.07) is 9.88. The van der Waals surface area contributed by atoms with Gasteiger partial charge in [-0.15, -0.1) is 0 Å². The van der Waals surface area contributed by atoms with Crippen molar-refractivity contribution in [2.45, 2.75) is 26.3 Å². The molecule has 2 aromatic heterocycles. The first-order valence-corrected chi connectivity index (χ1v) is 7.07. The zero-order valence-corrected chi connectivity index (χ0v) is 12.2. The van der Waals surface area contributed by atoms with Gasteiger partial charge in [-0.05, 0) is 30.2 Å². The molecule has 2 heterocycles. The van der Waals surface area contributed by atoms with Gasteiger partial charge in [0.25, 0.3) is 0 Å². The van der Waals surface area contributed by atoms with Gasteiger partial charge < -0.3 is 10.3 Å². The molecule has 5 nitrogen and oxygen atoms in total. The minimum absolute atomic E-state index is 0.0269. The van der Waals surface area contributed by atoms with Crippen molar-refractivity contribution in [1.82, 2.24) is 15.1 Å². The van der Waals surface area contributed by atoms with E-state index in [2.05, 4.69) is 29.0 Å². The van der Waals surface area contributed by atoms with Crippen LogP contribution in [0.5, 0.6) is 0 Å². The Kier molecular flexibility index (Phi) is 3.66. The van der Waals surface area contributed by atoms with E-state index in [9.17, 15) is 0 Å². The van der Waals surface area contributed by atoms with Crippen LogP contribution in [-0.4, -0.2) is 21.2 Å². The monoisotopic (exact) mass is 282 g/mol. The first-order valence-electron chi connectivity index (χ1n) is 7.07. The molecule has 0 spiro atoms. The Labute approximate surface area is 123 Å². The van der Waals surface area contributed by atoms with Crippen molar-refractivity contribution in [2.24, 2.45) is 11.7 Å². The fourth-order valence-corrected chi connectivity index (χ4v) is 2.11. The largest absolute Gasteiger partial charge is 0.339 e. The zero-order valence-electron chi connectivity index (χ0n) is 12.2. The lowest BCUT2D eigenvalue weighted by molar-refractivity contribution is 0.353. The van der Waals surface area contributed by atoms with Crippen LogP contribution < -0.4 is 5.73 Å². The summed E-state index contributed by atoms with van der Waals surface area (Å²) in [4.78, 5) is 8.73. The number of fused-ring (bicyclic) bond motifs is 1. The number of hydrogen-bond donors (Lipinski definition) is 1. The van der Waals surface area contributed by atoms with Crippen molar-refractivity contribution in [2.75, 3.05) is 0 Å². The summed E-state index contributed by atoms with van der Waals surface area (Å²) in [7, 11) is 0. The van der Waals surface area contributed by atoms with Crippen LogP contribution in [0.1, 0.15) is 19.7 Å². The number of pyridine rings is 1. The molecule has 0 aliphatic rings. The lowest BCUT2D eigenvalue weighted by Gasteiger charge is -2.11. The second-order valence-electron chi connectivity index (χ2n) is 5.53. The van der Waals surface area contributed by atoms with Gasteiger partial charge in [0.2, 0.25) is 11.7 Å². The molecule has 3 rings (SSSR count). The topological polar surface area (TPSA) is 77.8 Å². The highest BCUT2D eigenvalue weighted by Crippen LogP contribution is 2.21. The number of nitrogens with two attached hydrogens (primary N) is 1. The summed E-state index contributed by atoms with van der Waals surface area (Å²) < 4.78 is 5.30. The molecule has 0 saturated carbocycles. The van der Waals surface area contributed by atoms with E-state index in [1.165, 1.54) is 0 Å². The molecule has 0 radical (unpaired) electrons. The van der Waals surface area contributed by atoms with Crippen LogP contribution in [0.3, 0.4) is 0 Å². The molecule has 1 aromatic carbocycles. The van der Waals surface area contributed by atoms with Crippen LogP contribution >= 0.6 is 0 Å². The average molecular weight is 282 g/mol. The standard InChI is InChI=1S/C16H18N4O/c1-10(2)13(17)9-15-19-16(20-21-15)12-5-6-14-11(8-12)4-3-7-18-14/h3-8,10,13H,9,17H2,1-2H3. The van der Waals surface area contributed by atoms with Crippen molar-refractivity contribution in [1.29, 1.82) is 0 Å². The Morgan fingerprint density at radius 1 is 1.24 bits per heavy atom. The molecule has 2 N–H and O–H groups in total. The Morgan fingerprint density at radius 2 is 2.10 bits per heavy atom. The van der Waals surface area contributed by atoms with Gasteiger partial charge in [0, 0.05) is 29.6 Å². The third-order valence-corrected chi connectivity index (χ3v) is 3.60. The smallest absolute Gasteiger partial charge is 0.228 e.